The molecule has 0 fully saturated rings. The van der Waals surface area contributed by atoms with Gasteiger partial charge in [0, 0.05) is 0 Å². The quantitative estimate of drug-likeness (QED) is 0.460. The first-order chi connectivity index (χ1) is 2.77. The van der Waals surface area contributed by atoms with Crippen LogP contribution in [0, 0.1) is 6.92 Å². The highest BCUT2D eigenvalue weighted by Gasteiger charge is 1.73. The van der Waals surface area contributed by atoms with Crippen LogP contribution < -0.4 is 0 Å². The van der Waals surface area contributed by atoms with Crippen molar-refractivity contribution in [1.82, 2.24) is 0 Å². The van der Waals surface area contributed by atoms with Crippen LogP contribution in [0.15, 0.2) is 12.3 Å². The van der Waals surface area contributed by atoms with E-state index in [4.69, 9.17) is 4.74 Å². The fraction of sp³-hybridized carbons (Fsp3) is 0.400. The highest BCUT2D eigenvalue weighted by molar-refractivity contribution is 4.73. The topological polar surface area (TPSA) is 9.23 Å². The molecule has 0 rings (SSSR count). The summed E-state index contributed by atoms with van der Waals surface area (Å²) in [5.74, 6) is 0.727. The van der Waals surface area contributed by atoms with Crippen molar-refractivity contribution in [2.24, 2.45) is 0 Å². The summed E-state index contributed by atoms with van der Waals surface area (Å²) in [6.07, 6.45) is 0. The maximum absolute atomic E-state index is 4.74. The first-order valence-corrected chi connectivity index (χ1v) is 1.85. The highest BCUT2D eigenvalue weighted by atomic mass is 16.5. The van der Waals surface area contributed by atoms with Crippen LogP contribution in [0.25, 0.3) is 0 Å². The molecule has 0 aliphatic rings. The second-order valence-electron chi connectivity index (χ2n) is 1.05. The maximum Gasteiger partial charge on any atom is 0.0878 e. The van der Waals surface area contributed by atoms with Gasteiger partial charge in [0.05, 0.1) is 12.4 Å². The van der Waals surface area contributed by atoms with Crippen LogP contribution >= 0.6 is 0 Å². The van der Waals surface area contributed by atoms with Gasteiger partial charge in [-0.1, -0.05) is 6.58 Å². The Morgan fingerprint density at radius 3 is 2.33 bits per heavy atom. The molecule has 1 nitrogen and oxygen atoms in total. The Morgan fingerprint density at radius 2 is 2.33 bits per heavy atom. The Kier molecular flexibility index (Phi) is 2.55. The minimum atomic E-state index is 0.481. The van der Waals surface area contributed by atoms with E-state index in [0.717, 1.165) is 5.76 Å². The molecule has 1 radical (unpaired) electrons. The molecule has 0 amide bonds. The van der Waals surface area contributed by atoms with E-state index in [1.165, 1.54) is 0 Å². The molecule has 0 atom stereocenters. The third kappa shape index (κ3) is 3.54. The fourth-order valence-electron chi connectivity index (χ4n) is 0.174. The van der Waals surface area contributed by atoms with Crippen LogP contribution in [-0.4, -0.2) is 6.61 Å². The van der Waals surface area contributed by atoms with Crippen molar-refractivity contribution in [1.29, 1.82) is 0 Å². The van der Waals surface area contributed by atoms with Crippen molar-refractivity contribution in [3.05, 3.63) is 19.3 Å². The molecule has 0 unspecified atom stereocenters. The molecule has 0 aromatic heterocycles. The smallest absolute Gasteiger partial charge is 0.0878 e. The van der Waals surface area contributed by atoms with Crippen molar-refractivity contribution in [3.8, 4) is 0 Å². The summed E-state index contributed by atoms with van der Waals surface area (Å²) >= 11 is 0. The zero-order valence-corrected chi connectivity index (χ0v) is 4.03. The summed E-state index contributed by atoms with van der Waals surface area (Å²) < 4.78 is 4.74. The average molecular weight is 85.1 g/mol. The monoisotopic (exact) mass is 85.1 g/mol. The van der Waals surface area contributed by atoms with Crippen molar-refractivity contribution in [3.63, 3.8) is 0 Å². The minimum absolute atomic E-state index is 0.481. The van der Waals surface area contributed by atoms with E-state index in [-0.39, 0.29) is 0 Å². The molecule has 0 aliphatic carbocycles. The van der Waals surface area contributed by atoms with Gasteiger partial charge < -0.3 is 4.74 Å². The molecule has 0 spiro atoms. The van der Waals surface area contributed by atoms with Crippen LogP contribution in [0.5, 0.6) is 0 Å². The zero-order chi connectivity index (χ0) is 4.99. The number of ether oxygens (including phenoxy) is 1. The van der Waals surface area contributed by atoms with Crippen LogP contribution in [0.2, 0.25) is 0 Å². The lowest BCUT2D eigenvalue weighted by Crippen LogP contribution is -1.82. The summed E-state index contributed by atoms with van der Waals surface area (Å²) in [4.78, 5) is 0. The molecule has 0 N–H and O–H groups in total. The molecule has 0 heterocycles. The van der Waals surface area contributed by atoms with Gasteiger partial charge in [0.2, 0.25) is 0 Å². The molecule has 0 bridgehead atoms. The van der Waals surface area contributed by atoms with Gasteiger partial charge in [-0.2, -0.15) is 0 Å². The van der Waals surface area contributed by atoms with Crippen LogP contribution in [0.1, 0.15) is 6.92 Å². The van der Waals surface area contributed by atoms with Crippen molar-refractivity contribution in [2.75, 3.05) is 6.61 Å². The van der Waals surface area contributed by atoms with Crippen LogP contribution in [0.3, 0.4) is 0 Å². The SMILES string of the molecule is [CH2]COC(=C)C. The Bertz CT molecular complexity index is 47.9. The lowest BCUT2D eigenvalue weighted by Gasteiger charge is -1.95. The van der Waals surface area contributed by atoms with Gasteiger partial charge in [0.25, 0.3) is 0 Å². The van der Waals surface area contributed by atoms with Gasteiger partial charge >= 0.3 is 0 Å². The third-order valence-corrected chi connectivity index (χ3v) is 0.348. The fourth-order valence-corrected chi connectivity index (χ4v) is 0.174. The van der Waals surface area contributed by atoms with E-state index >= 15 is 0 Å². The minimum Gasteiger partial charge on any atom is -0.499 e. The van der Waals surface area contributed by atoms with E-state index < -0.39 is 0 Å². The Balaban J connectivity index is 2.83. The Morgan fingerprint density at radius 1 is 1.83 bits per heavy atom. The summed E-state index contributed by atoms with van der Waals surface area (Å²) in [5, 5.41) is 0. The molecule has 0 aromatic rings. The summed E-state index contributed by atoms with van der Waals surface area (Å²) in [6, 6.07) is 0. The number of allylic oxidation sites excluding steroid dienone is 1. The summed E-state index contributed by atoms with van der Waals surface area (Å²) in [7, 11) is 0. The van der Waals surface area contributed by atoms with Gasteiger partial charge in [0.1, 0.15) is 0 Å². The normalized spacial score (nSPS) is 7.67. The Hall–Kier alpha value is -0.460. The standard InChI is InChI=1S/C5H9O/c1-4-6-5(2)3/h1-2,4H2,3H3. The highest BCUT2D eigenvalue weighted by Crippen LogP contribution is 1.85. The molecule has 0 saturated heterocycles. The number of hydrogen-bond acceptors (Lipinski definition) is 1. The summed E-state index contributed by atoms with van der Waals surface area (Å²) in [5.41, 5.74) is 0. The van der Waals surface area contributed by atoms with E-state index in [0.29, 0.717) is 6.61 Å². The van der Waals surface area contributed by atoms with Crippen molar-refractivity contribution >= 4 is 0 Å². The lowest BCUT2D eigenvalue weighted by molar-refractivity contribution is 0.250. The molecule has 0 aromatic carbocycles. The second kappa shape index (κ2) is 2.76. The third-order valence-electron chi connectivity index (χ3n) is 0.348. The largest absolute Gasteiger partial charge is 0.499 e. The molecule has 35 valence electrons. The van der Waals surface area contributed by atoms with Gasteiger partial charge in [-0.15, -0.1) is 0 Å². The average Bonchev–Trinajstić information content (AvgIpc) is 1.35. The van der Waals surface area contributed by atoms with E-state index in [1.54, 1.807) is 6.92 Å². The van der Waals surface area contributed by atoms with Gasteiger partial charge in [-0.3, -0.25) is 0 Å². The maximum atomic E-state index is 4.74. The zero-order valence-electron chi connectivity index (χ0n) is 4.03. The van der Waals surface area contributed by atoms with E-state index in [2.05, 4.69) is 13.5 Å². The van der Waals surface area contributed by atoms with Gasteiger partial charge in [-0.25, -0.2) is 0 Å². The molecule has 0 aliphatic heterocycles. The van der Waals surface area contributed by atoms with Crippen molar-refractivity contribution in [2.45, 2.75) is 6.92 Å². The van der Waals surface area contributed by atoms with Crippen LogP contribution in [0.4, 0.5) is 0 Å². The van der Waals surface area contributed by atoms with E-state index in [9.17, 15) is 0 Å². The first kappa shape index (κ1) is 5.54. The second-order valence-corrected chi connectivity index (χ2v) is 1.05. The predicted molar refractivity (Wildman–Crippen MR) is 26.1 cm³/mol. The number of hydrogen-bond donors (Lipinski definition) is 0. The predicted octanol–water partition coefficient (Wildman–Crippen LogP) is 1.37. The number of rotatable bonds is 2. The van der Waals surface area contributed by atoms with E-state index in [1.807, 2.05) is 0 Å². The van der Waals surface area contributed by atoms with Gasteiger partial charge in [-0.05, 0) is 13.8 Å². The molecule has 0 saturated carbocycles. The summed E-state index contributed by atoms with van der Waals surface area (Å²) in [6.45, 7) is 9.20. The molecular formula is C5H9O. The molecule has 1 heteroatoms. The Labute approximate surface area is 38.6 Å². The molecular weight excluding hydrogens is 76.1 g/mol. The van der Waals surface area contributed by atoms with Crippen LogP contribution in [-0.2, 0) is 4.74 Å². The lowest BCUT2D eigenvalue weighted by atomic mass is 10.6. The van der Waals surface area contributed by atoms with Gasteiger partial charge in [0.15, 0.2) is 0 Å². The first-order valence-electron chi connectivity index (χ1n) is 1.85. The molecule has 6 heavy (non-hydrogen) atoms. The van der Waals surface area contributed by atoms with Crippen molar-refractivity contribution < 1.29 is 4.74 Å².